The van der Waals surface area contributed by atoms with Crippen molar-refractivity contribution in [2.75, 3.05) is 11.4 Å². The van der Waals surface area contributed by atoms with Crippen LogP contribution >= 0.6 is 0 Å². The van der Waals surface area contributed by atoms with E-state index in [0.29, 0.717) is 5.69 Å². The summed E-state index contributed by atoms with van der Waals surface area (Å²) in [4.78, 5) is 12.3. The average molecular weight is 277 g/mol. The molecule has 2 rings (SSSR count). The molecule has 0 aliphatic heterocycles. The number of carboxylic acid groups (broad SMARTS) is 1. The van der Waals surface area contributed by atoms with Gasteiger partial charge < -0.3 is 10.0 Å². The van der Waals surface area contributed by atoms with Gasteiger partial charge in [0.25, 0.3) is 0 Å². The zero-order chi connectivity index (χ0) is 14.5. The van der Waals surface area contributed by atoms with Gasteiger partial charge in [-0.2, -0.15) is 0 Å². The zero-order valence-corrected chi connectivity index (χ0v) is 10.6. The van der Waals surface area contributed by atoms with Gasteiger partial charge in [-0.3, -0.25) is 4.79 Å². The van der Waals surface area contributed by atoms with E-state index >= 15 is 0 Å². The first-order valence-electron chi connectivity index (χ1n) is 6.02. The first kappa shape index (κ1) is 14.0. The number of para-hydroxylation sites is 1. The second-order valence-corrected chi connectivity index (χ2v) is 4.29. The van der Waals surface area contributed by atoms with E-state index in [9.17, 15) is 13.6 Å². The molecule has 0 bridgehead atoms. The molecule has 0 radical (unpaired) electrons. The van der Waals surface area contributed by atoms with Crippen LogP contribution in [0.3, 0.4) is 0 Å². The molecule has 0 spiro atoms. The van der Waals surface area contributed by atoms with Crippen molar-refractivity contribution in [3.8, 4) is 0 Å². The number of rotatable bonds is 5. The standard InChI is InChI=1S/C15H13F2NO2/c16-13-7-4-8-14(17)12(13)9-18(10-15(19)20)11-5-2-1-3-6-11/h1-8H,9-10H2,(H,19,20). The van der Waals surface area contributed by atoms with Crippen molar-refractivity contribution in [1.29, 1.82) is 0 Å². The first-order chi connectivity index (χ1) is 9.58. The molecule has 0 saturated heterocycles. The highest BCUT2D eigenvalue weighted by atomic mass is 19.1. The van der Waals surface area contributed by atoms with Crippen molar-refractivity contribution in [3.05, 3.63) is 65.7 Å². The highest BCUT2D eigenvalue weighted by molar-refractivity contribution is 5.73. The monoisotopic (exact) mass is 277 g/mol. The Morgan fingerprint density at radius 2 is 1.60 bits per heavy atom. The predicted octanol–water partition coefficient (Wildman–Crippen LogP) is 3.06. The molecule has 5 heteroatoms. The van der Waals surface area contributed by atoms with Crippen LogP contribution in [0.2, 0.25) is 0 Å². The summed E-state index contributed by atoms with van der Waals surface area (Å²) in [6.07, 6.45) is 0. The lowest BCUT2D eigenvalue weighted by atomic mass is 10.1. The summed E-state index contributed by atoms with van der Waals surface area (Å²) in [5.74, 6) is -2.43. The molecule has 0 atom stereocenters. The number of halogens is 2. The van der Waals surface area contributed by atoms with Crippen LogP contribution in [0.25, 0.3) is 0 Å². The number of aliphatic carboxylic acids is 1. The Kier molecular flexibility index (Phi) is 4.30. The van der Waals surface area contributed by atoms with Gasteiger partial charge in [-0.15, -0.1) is 0 Å². The number of hydrogen-bond donors (Lipinski definition) is 1. The number of nitrogens with zero attached hydrogens (tertiary/aromatic N) is 1. The third-order valence-corrected chi connectivity index (χ3v) is 2.86. The molecular weight excluding hydrogens is 264 g/mol. The fraction of sp³-hybridized carbons (Fsp3) is 0.133. The van der Waals surface area contributed by atoms with Crippen LogP contribution in [0, 0.1) is 11.6 Å². The van der Waals surface area contributed by atoms with Crippen molar-refractivity contribution in [2.45, 2.75) is 6.54 Å². The summed E-state index contributed by atoms with van der Waals surface area (Å²) >= 11 is 0. The van der Waals surface area contributed by atoms with Crippen molar-refractivity contribution >= 4 is 11.7 Å². The van der Waals surface area contributed by atoms with E-state index in [4.69, 9.17) is 5.11 Å². The van der Waals surface area contributed by atoms with Crippen LogP contribution in [-0.4, -0.2) is 17.6 Å². The van der Waals surface area contributed by atoms with Gasteiger partial charge in [-0.1, -0.05) is 24.3 Å². The maximum Gasteiger partial charge on any atom is 0.323 e. The number of hydrogen-bond acceptors (Lipinski definition) is 2. The minimum Gasteiger partial charge on any atom is -0.480 e. The van der Waals surface area contributed by atoms with Crippen LogP contribution in [0.5, 0.6) is 0 Å². The third kappa shape index (κ3) is 3.32. The largest absolute Gasteiger partial charge is 0.480 e. The van der Waals surface area contributed by atoms with E-state index in [0.717, 1.165) is 12.1 Å². The van der Waals surface area contributed by atoms with E-state index in [2.05, 4.69) is 0 Å². The highest BCUT2D eigenvalue weighted by Crippen LogP contribution is 2.20. The molecule has 2 aromatic carbocycles. The molecular formula is C15H13F2NO2. The van der Waals surface area contributed by atoms with Crippen molar-refractivity contribution < 1.29 is 18.7 Å². The molecule has 3 nitrogen and oxygen atoms in total. The SMILES string of the molecule is O=C(O)CN(Cc1c(F)cccc1F)c1ccccc1. The summed E-state index contributed by atoms with van der Waals surface area (Å²) in [5.41, 5.74) is 0.454. The molecule has 1 N–H and O–H groups in total. The second kappa shape index (κ2) is 6.14. The molecule has 0 unspecified atom stereocenters. The number of anilines is 1. The average Bonchev–Trinajstić information content (AvgIpc) is 2.42. The summed E-state index contributed by atoms with van der Waals surface area (Å²) < 4.78 is 27.3. The molecule has 0 aromatic heterocycles. The van der Waals surface area contributed by atoms with Crippen LogP contribution in [-0.2, 0) is 11.3 Å². The summed E-state index contributed by atoms with van der Waals surface area (Å²) in [5, 5.41) is 8.93. The van der Waals surface area contributed by atoms with Gasteiger partial charge in [0.2, 0.25) is 0 Å². The van der Waals surface area contributed by atoms with Crippen molar-refractivity contribution in [1.82, 2.24) is 0 Å². The normalized spacial score (nSPS) is 10.3. The molecule has 0 saturated carbocycles. The minimum absolute atomic E-state index is 0.141. The lowest BCUT2D eigenvalue weighted by molar-refractivity contribution is -0.135. The van der Waals surface area contributed by atoms with Gasteiger partial charge in [0.1, 0.15) is 18.2 Å². The highest BCUT2D eigenvalue weighted by Gasteiger charge is 2.16. The van der Waals surface area contributed by atoms with Crippen LogP contribution < -0.4 is 4.90 Å². The van der Waals surface area contributed by atoms with E-state index in [1.807, 2.05) is 0 Å². The predicted molar refractivity (Wildman–Crippen MR) is 71.5 cm³/mol. The van der Waals surface area contributed by atoms with Crippen molar-refractivity contribution in [3.63, 3.8) is 0 Å². The summed E-state index contributed by atoms with van der Waals surface area (Å²) in [6, 6.07) is 12.2. The first-order valence-corrected chi connectivity index (χ1v) is 6.02. The van der Waals surface area contributed by atoms with Gasteiger partial charge >= 0.3 is 5.97 Å². The van der Waals surface area contributed by atoms with E-state index in [1.165, 1.54) is 11.0 Å². The van der Waals surface area contributed by atoms with Crippen LogP contribution in [0.4, 0.5) is 14.5 Å². The smallest absolute Gasteiger partial charge is 0.323 e. The van der Waals surface area contributed by atoms with Gasteiger partial charge in [-0.05, 0) is 24.3 Å². The Morgan fingerprint density at radius 1 is 1.00 bits per heavy atom. The summed E-state index contributed by atoms with van der Waals surface area (Å²) in [6.45, 7) is -0.480. The Morgan fingerprint density at radius 3 is 2.15 bits per heavy atom. The van der Waals surface area contributed by atoms with Gasteiger partial charge in [0.05, 0.1) is 0 Å². The molecule has 0 heterocycles. The number of carboxylic acids is 1. The van der Waals surface area contributed by atoms with Gasteiger partial charge in [-0.25, -0.2) is 8.78 Å². The Bertz CT molecular complexity index is 582. The quantitative estimate of drug-likeness (QED) is 0.913. The maximum absolute atomic E-state index is 13.6. The fourth-order valence-electron chi connectivity index (χ4n) is 1.91. The number of benzene rings is 2. The van der Waals surface area contributed by atoms with Crippen molar-refractivity contribution in [2.24, 2.45) is 0 Å². The minimum atomic E-state index is -1.06. The lowest BCUT2D eigenvalue weighted by Gasteiger charge is -2.23. The molecule has 0 fully saturated rings. The van der Waals surface area contributed by atoms with Gasteiger partial charge in [0.15, 0.2) is 0 Å². The molecule has 104 valence electrons. The fourth-order valence-corrected chi connectivity index (χ4v) is 1.91. The molecule has 0 aliphatic rings. The maximum atomic E-state index is 13.6. The Hall–Kier alpha value is -2.43. The number of carbonyl (C=O) groups is 1. The summed E-state index contributed by atoms with van der Waals surface area (Å²) in [7, 11) is 0. The van der Waals surface area contributed by atoms with Crippen LogP contribution in [0.15, 0.2) is 48.5 Å². The molecule has 2 aromatic rings. The van der Waals surface area contributed by atoms with E-state index in [-0.39, 0.29) is 18.7 Å². The molecule has 0 amide bonds. The van der Waals surface area contributed by atoms with E-state index < -0.39 is 17.6 Å². The Balaban J connectivity index is 2.31. The van der Waals surface area contributed by atoms with E-state index in [1.54, 1.807) is 30.3 Å². The molecule has 20 heavy (non-hydrogen) atoms. The lowest BCUT2D eigenvalue weighted by Crippen LogP contribution is -2.29. The van der Waals surface area contributed by atoms with Crippen LogP contribution in [0.1, 0.15) is 5.56 Å². The van der Waals surface area contributed by atoms with Gasteiger partial charge in [0, 0.05) is 17.8 Å². The third-order valence-electron chi connectivity index (χ3n) is 2.86. The zero-order valence-electron chi connectivity index (χ0n) is 10.6. The molecule has 0 aliphatic carbocycles. The Labute approximate surface area is 115 Å². The second-order valence-electron chi connectivity index (χ2n) is 4.29. The topological polar surface area (TPSA) is 40.5 Å².